The molecule has 0 saturated carbocycles. The molecular weight excluding hydrogens is 299 g/mol. The van der Waals surface area contributed by atoms with Gasteiger partial charge in [0.25, 0.3) is 0 Å². The second kappa shape index (κ2) is 7.71. The standard InChI is InChI=1S/C12H27O6PSi/c1-8-16-11(13)9-19(14,15-5)17-10-18-20(6,7)12(2,3)4/h8-10H2,1-7H3. The van der Waals surface area contributed by atoms with Crippen molar-refractivity contribution in [1.82, 2.24) is 0 Å². The van der Waals surface area contributed by atoms with Crippen LogP contribution >= 0.6 is 7.60 Å². The van der Waals surface area contributed by atoms with Crippen molar-refractivity contribution in [1.29, 1.82) is 0 Å². The zero-order valence-corrected chi connectivity index (χ0v) is 15.4. The number of rotatable bonds is 8. The zero-order valence-electron chi connectivity index (χ0n) is 13.5. The summed E-state index contributed by atoms with van der Waals surface area (Å²) in [5, 5.41) is 0.0224. The van der Waals surface area contributed by atoms with E-state index >= 15 is 0 Å². The van der Waals surface area contributed by atoms with E-state index in [4.69, 9.17) is 18.2 Å². The first-order valence-electron chi connectivity index (χ1n) is 6.56. The second-order valence-electron chi connectivity index (χ2n) is 5.91. The number of carbonyl (C=O) groups is 1. The summed E-state index contributed by atoms with van der Waals surface area (Å²) in [5.41, 5.74) is 0. The van der Waals surface area contributed by atoms with E-state index in [1.165, 1.54) is 7.11 Å². The quantitative estimate of drug-likeness (QED) is 0.295. The molecule has 6 nitrogen and oxygen atoms in total. The Morgan fingerprint density at radius 2 is 1.80 bits per heavy atom. The number of esters is 1. The average molecular weight is 326 g/mol. The molecule has 0 saturated heterocycles. The highest BCUT2D eigenvalue weighted by Gasteiger charge is 2.38. The molecule has 0 aliphatic heterocycles. The highest BCUT2D eigenvalue weighted by Crippen LogP contribution is 2.47. The lowest BCUT2D eigenvalue weighted by Gasteiger charge is -2.36. The minimum Gasteiger partial charge on any atom is -0.466 e. The van der Waals surface area contributed by atoms with Crippen molar-refractivity contribution >= 4 is 21.9 Å². The summed E-state index contributed by atoms with van der Waals surface area (Å²) in [4.78, 5) is 11.4. The van der Waals surface area contributed by atoms with Crippen LogP contribution in [0.5, 0.6) is 0 Å². The molecule has 0 N–H and O–H groups in total. The first-order chi connectivity index (χ1) is 8.97. The van der Waals surface area contributed by atoms with E-state index < -0.39 is 28.0 Å². The summed E-state index contributed by atoms with van der Waals surface area (Å²) in [6, 6.07) is 0. The lowest BCUT2D eigenvalue weighted by atomic mass is 10.2. The Morgan fingerprint density at radius 3 is 2.20 bits per heavy atom. The van der Waals surface area contributed by atoms with E-state index in [2.05, 4.69) is 33.9 Å². The third kappa shape index (κ3) is 6.50. The fourth-order valence-electron chi connectivity index (χ4n) is 0.998. The van der Waals surface area contributed by atoms with Crippen molar-refractivity contribution < 1.29 is 27.6 Å². The van der Waals surface area contributed by atoms with Gasteiger partial charge in [-0.2, -0.15) is 0 Å². The molecule has 0 rings (SSSR count). The maximum atomic E-state index is 12.2. The lowest BCUT2D eigenvalue weighted by molar-refractivity contribution is -0.140. The van der Waals surface area contributed by atoms with Gasteiger partial charge < -0.3 is 13.7 Å². The Bertz CT molecular complexity index is 363. The summed E-state index contributed by atoms with van der Waals surface area (Å²) >= 11 is 0. The van der Waals surface area contributed by atoms with Crippen LogP contribution in [0.2, 0.25) is 18.1 Å². The third-order valence-corrected chi connectivity index (χ3v) is 9.53. The Hall–Kier alpha value is -0.203. The fourth-order valence-corrected chi connectivity index (χ4v) is 2.83. The summed E-state index contributed by atoms with van der Waals surface area (Å²) in [6.45, 7) is 12.1. The molecule has 0 aliphatic carbocycles. The van der Waals surface area contributed by atoms with E-state index in [0.717, 1.165) is 0 Å². The van der Waals surface area contributed by atoms with E-state index in [-0.39, 0.29) is 18.4 Å². The van der Waals surface area contributed by atoms with E-state index in [0.29, 0.717) is 0 Å². The van der Waals surface area contributed by atoms with Crippen molar-refractivity contribution in [2.75, 3.05) is 26.7 Å². The van der Waals surface area contributed by atoms with Crippen LogP contribution in [-0.4, -0.2) is 41.0 Å². The van der Waals surface area contributed by atoms with Gasteiger partial charge >= 0.3 is 13.6 Å². The van der Waals surface area contributed by atoms with Crippen LogP contribution in [0.3, 0.4) is 0 Å². The molecule has 0 heterocycles. The molecule has 0 aromatic carbocycles. The zero-order chi connectivity index (χ0) is 16.0. The smallest absolute Gasteiger partial charge is 0.343 e. The average Bonchev–Trinajstić information content (AvgIpc) is 2.27. The van der Waals surface area contributed by atoms with E-state index in [1.54, 1.807) is 6.92 Å². The van der Waals surface area contributed by atoms with Gasteiger partial charge in [-0.25, -0.2) is 0 Å². The van der Waals surface area contributed by atoms with E-state index in [1.807, 2.05) is 0 Å². The van der Waals surface area contributed by atoms with Gasteiger partial charge in [-0.3, -0.25) is 13.9 Å². The summed E-state index contributed by atoms with van der Waals surface area (Å²) in [5.74, 6) is -0.606. The predicted octanol–water partition coefficient (Wildman–Crippen LogP) is 3.38. The highest BCUT2D eigenvalue weighted by molar-refractivity contribution is 7.54. The van der Waals surface area contributed by atoms with Crippen LogP contribution < -0.4 is 0 Å². The Kier molecular flexibility index (Phi) is 7.63. The lowest BCUT2D eigenvalue weighted by Crippen LogP contribution is -2.41. The molecular formula is C12H27O6PSi. The number of carbonyl (C=O) groups excluding carboxylic acids is 1. The molecule has 0 amide bonds. The normalized spacial score (nSPS) is 15.8. The number of hydrogen-bond donors (Lipinski definition) is 0. The second-order valence-corrected chi connectivity index (χ2v) is 12.9. The maximum absolute atomic E-state index is 12.2. The van der Waals surface area contributed by atoms with Crippen molar-refractivity contribution in [2.45, 2.75) is 45.8 Å². The molecule has 0 aromatic heterocycles. The van der Waals surface area contributed by atoms with Crippen molar-refractivity contribution in [3.05, 3.63) is 0 Å². The van der Waals surface area contributed by atoms with Gasteiger partial charge in [-0.15, -0.1) is 0 Å². The number of ether oxygens (including phenoxy) is 1. The van der Waals surface area contributed by atoms with Crippen LogP contribution in [0.1, 0.15) is 27.7 Å². The van der Waals surface area contributed by atoms with Gasteiger partial charge in [0.05, 0.1) is 6.61 Å². The molecule has 0 radical (unpaired) electrons. The molecule has 0 fully saturated rings. The van der Waals surface area contributed by atoms with Gasteiger partial charge in [-0.1, -0.05) is 20.8 Å². The molecule has 1 unspecified atom stereocenters. The van der Waals surface area contributed by atoms with Gasteiger partial charge in [0.15, 0.2) is 8.32 Å². The van der Waals surface area contributed by atoms with Crippen LogP contribution in [0.4, 0.5) is 0 Å². The molecule has 1 atom stereocenters. The summed E-state index contributed by atoms with van der Waals surface area (Å²) in [7, 11) is -4.25. The molecule has 20 heavy (non-hydrogen) atoms. The van der Waals surface area contributed by atoms with Crippen LogP contribution in [0.15, 0.2) is 0 Å². The third-order valence-electron chi connectivity index (χ3n) is 3.38. The molecule has 8 heteroatoms. The van der Waals surface area contributed by atoms with Gasteiger partial charge in [0.2, 0.25) is 0 Å². The molecule has 0 aromatic rings. The largest absolute Gasteiger partial charge is 0.466 e. The molecule has 120 valence electrons. The van der Waals surface area contributed by atoms with Crippen LogP contribution in [0, 0.1) is 0 Å². The minimum atomic E-state index is -3.50. The van der Waals surface area contributed by atoms with Gasteiger partial charge in [0.1, 0.15) is 13.0 Å². The Morgan fingerprint density at radius 1 is 1.25 bits per heavy atom. The molecule has 0 bridgehead atoms. The first kappa shape index (κ1) is 19.8. The topological polar surface area (TPSA) is 71.1 Å². The SMILES string of the molecule is CCOC(=O)CP(=O)(OC)OCO[Si](C)(C)C(C)(C)C. The Balaban J connectivity index is 4.46. The van der Waals surface area contributed by atoms with Crippen molar-refractivity contribution in [3.8, 4) is 0 Å². The van der Waals surface area contributed by atoms with Gasteiger partial charge in [0, 0.05) is 7.11 Å². The van der Waals surface area contributed by atoms with Gasteiger partial charge in [-0.05, 0) is 25.1 Å². The monoisotopic (exact) mass is 326 g/mol. The summed E-state index contributed by atoms with van der Waals surface area (Å²) in [6.07, 6.45) is -0.405. The fraction of sp³-hybridized carbons (Fsp3) is 0.917. The van der Waals surface area contributed by atoms with Crippen molar-refractivity contribution in [3.63, 3.8) is 0 Å². The van der Waals surface area contributed by atoms with Crippen LogP contribution in [-0.2, 0) is 27.6 Å². The van der Waals surface area contributed by atoms with E-state index in [9.17, 15) is 9.36 Å². The van der Waals surface area contributed by atoms with Crippen molar-refractivity contribution in [2.24, 2.45) is 0 Å². The molecule has 0 aliphatic rings. The predicted molar refractivity (Wildman–Crippen MR) is 80.3 cm³/mol. The highest BCUT2D eigenvalue weighted by atomic mass is 31.2. The maximum Gasteiger partial charge on any atom is 0.343 e. The number of hydrogen-bond acceptors (Lipinski definition) is 6. The molecule has 0 spiro atoms. The Labute approximate surface area is 122 Å². The van der Waals surface area contributed by atoms with Crippen LogP contribution in [0.25, 0.3) is 0 Å². The minimum absolute atomic E-state index is 0.0224. The first-order valence-corrected chi connectivity index (χ1v) is 11.2. The summed E-state index contributed by atoms with van der Waals surface area (Å²) < 4.78 is 32.7.